The summed E-state index contributed by atoms with van der Waals surface area (Å²) in [6.07, 6.45) is 0. The van der Waals surface area contributed by atoms with Crippen molar-refractivity contribution in [3.8, 4) is 0 Å². The third-order valence-electron chi connectivity index (χ3n) is 5.45. The van der Waals surface area contributed by atoms with Gasteiger partial charge in [0.05, 0.1) is 10.6 Å². The molecule has 1 atom stereocenters. The molecule has 0 saturated carbocycles. The Morgan fingerprint density at radius 1 is 0.939 bits per heavy atom. The van der Waals surface area contributed by atoms with E-state index in [9.17, 15) is 17.6 Å². The van der Waals surface area contributed by atoms with Crippen LogP contribution in [-0.4, -0.2) is 20.1 Å². The summed E-state index contributed by atoms with van der Waals surface area (Å²) in [6, 6.07) is 19.7. The lowest BCUT2D eigenvalue weighted by molar-refractivity contribution is -0.115. The molecule has 1 N–H and O–H groups in total. The third-order valence-corrected chi connectivity index (χ3v) is 8.06. The highest BCUT2D eigenvalue weighted by Gasteiger charge is 2.34. The van der Waals surface area contributed by atoms with Crippen molar-refractivity contribution in [1.29, 1.82) is 0 Å². The Kier molecular flexibility index (Phi) is 6.24. The molecule has 4 rings (SSSR count). The molecule has 172 valence electrons. The van der Waals surface area contributed by atoms with Crippen LogP contribution in [0.15, 0.2) is 77.7 Å². The molecule has 0 aromatic heterocycles. The highest BCUT2D eigenvalue weighted by atomic mass is 32.2. The first-order valence-corrected chi connectivity index (χ1v) is 13.0. The molecular formula is C25H25FN2O3S2. The van der Waals surface area contributed by atoms with Crippen molar-refractivity contribution in [3.05, 3.63) is 89.7 Å². The van der Waals surface area contributed by atoms with Crippen LogP contribution in [0.5, 0.6) is 0 Å². The summed E-state index contributed by atoms with van der Waals surface area (Å²) in [5.74, 6) is -0.0968. The molecule has 1 heterocycles. The minimum Gasteiger partial charge on any atom is -0.295 e. The molecule has 0 unspecified atom stereocenters. The second-order valence-corrected chi connectivity index (χ2v) is 11.7. The van der Waals surface area contributed by atoms with Gasteiger partial charge in [-0.05, 0) is 65.1 Å². The summed E-state index contributed by atoms with van der Waals surface area (Å²) in [5.41, 5.74) is 2.90. The van der Waals surface area contributed by atoms with E-state index in [-0.39, 0.29) is 27.4 Å². The van der Waals surface area contributed by atoms with Crippen LogP contribution in [-0.2, 0) is 20.2 Å². The number of amides is 1. The molecule has 1 aliphatic heterocycles. The van der Waals surface area contributed by atoms with Gasteiger partial charge >= 0.3 is 0 Å². The Balaban J connectivity index is 1.52. The fraction of sp³-hybridized carbons (Fsp3) is 0.240. The van der Waals surface area contributed by atoms with E-state index in [4.69, 9.17) is 0 Å². The lowest BCUT2D eigenvalue weighted by Crippen LogP contribution is -2.27. The maximum Gasteiger partial charge on any atom is 0.261 e. The zero-order valence-corrected chi connectivity index (χ0v) is 20.2. The van der Waals surface area contributed by atoms with Crippen molar-refractivity contribution in [1.82, 2.24) is 0 Å². The molecule has 5 nitrogen and oxygen atoms in total. The SMILES string of the molecule is CC(C)(C)c1ccc(S(=O)(=O)Nc2ccc([C@@H]3SCC(=O)N3c3ccc(F)cc3)cc2)cc1. The summed E-state index contributed by atoms with van der Waals surface area (Å²) >= 11 is 1.47. The highest BCUT2D eigenvalue weighted by Crippen LogP contribution is 2.42. The summed E-state index contributed by atoms with van der Waals surface area (Å²) < 4.78 is 41.5. The number of benzene rings is 3. The van der Waals surface area contributed by atoms with E-state index in [2.05, 4.69) is 25.5 Å². The van der Waals surface area contributed by atoms with Crippen LogP contribution in [0.3, 0.4) is 0 Å². The molecule has 0 spiro atoms. The molecule has 3 aromatic rings. The maximum atomic E-state index is 13.3. The van der Waals surface area contributed by atoms with Crippen molar-refractivity contribution < 1.29 is 17.6 Å². The number of rotatable bonds is 5. The van der Waals surface area contributed by atoms with Crippen LogP contribution < -0.4 is 9.62 Å². The van der Waals surface area contributed by atoms with Crippen molar-refractivity contribution in [3.63, 3.8) is 0 Å². The molecular weight excluding hydrogens is 459 g/mol. The van der Waals surface area contributed by atoms with Gasteiger partial charge in [-0.1, -0.05) is 45.0 Å². The van der Waals surface area contributed by atoms with E-state index in [1.165, 1.54) is 23.9 Å². The van der Waals surface area contributed by atoms with E-state index in [1.807, 2.05) is 12.1 Å². The molecule has 1 saturated heterocycles. The van der Waals surface area contributed by atoms with Gasteiger partial charge in [0.2, 0.25) is 5.91 Å². The molecule has 0 radical (unpaired) electrons. The highest BCUT2D eigenvalue weighted by molar-refractivity contribution is 8.00. The molecule has 33 heavy (non-hydrogen) atoms. The summed E-state index contributed by atoms with van der Waals surface area (Å²) in [6.45, 7) is 6.22. The quantitative estimate of drug-likeness (QED) is 0.504. The van der Waals surface area contributed by atoms with E-state index < -0.39 is 10.0 Å². The second kappa shape index (κ2) is 8.83. The Morgan fingerprint density at radius 2 is 1.55 bits per heavy atom. The Labute approximate surface area is 198 Å². The van der Waals surface area contributed by atoms with E-state index in [0.717, 1.165) is 11.1 Å². The first kappa shape index (κ1) is 23.3. The van der Waals surface area contributed by atoms with Gasteiger partial charge in [-0.2, -0.15) is 0 Å². The first-order valence-electron chi connectivity index (χ1n) is 10.5. The molecule has 1 amide bonds. The zero-order valence-electron chi connectivity index (χ0n) is 18.6. The van der Waals surface area contributed by atoms with Gasteiger partial charge in [0.1, 0.15) is 11.2 Å². The molecule has 1 aliphatic rings. The Morgan fingerprint density at radius 3 is 2.12 bits per heavy atom. The van der Waals surface area contributed by atoms with Crippen molar-refractivity contribution in [2.45, 2.75) is 36.5 Å². The number of halogens is 1. The van der Waals surface area contributed by atoms with Crippen LogP contribution in [0.1, 0.15) is 37.3 Å². The topological polar surface area (TPSA) is 66.5 Å². The zero-order chi connectivity index (χ0) is 23.8. The molecule has 1 fully saturated rings. The Bertz CT molecular complexity index is 1250. The number of sulfonamides is 1. The summed E-state index contributed by atoms with van der Waals surface area (Å²) in [5, 5.41) is -0.265. The van der Waals surface area contributed by atoms with E-state index in [1.54, 1.807) is 53.4 Å². The van der Waals surface area contributed by atoms with Crippen LogP contribution in [0, 0.1) is 5.82 Å². The van der Waals surface area contributed by atoms with Crippen LogP contribution >= 0.6 is 11.8 Å². The standard InChI is InChI=1S/C25H25FN2O3S2/c1-25(2,3)18-6-14-22(15-7-18)33(30,31)27-20-10-4-17(5-11-20)24-28(23(29)16-32-24)21-12-8-19(26)9-13-21/h4-15,24,27H,16H2,1-3H3/t24-/m0/s1. The number of anilines is 2. The lowest BCUT2D eigenvalue weighted by atomic mass is 9.87. The number of hydrogen-bond acceptors (Lipinski definition) is 4. The van der Waals surface area contributed by atoms with Gasteiger partial charge in [0, 0.05) is 11.4 Å². The van der Waals surface area contributed by atoms with Crippen LogP contribution in [0.2, 0.25) is 0 Å². The fourth-order valence-electron chi connectivity index (χ4n) is 3.62. The average Bonchev–Trinajstić information content (AvgIpc) is 3.15. The summed E-state index contributed by atoms with van der Waals surface area (Å²) in [4.78, 5) is 14.3. The van der Waals surface area contributed by atoms with Crippen molar-refractivity contribution in [2.24, 2.45) is 0 Å². The third kappa shape index (κ3) is 5.07. The smallest absolute Gasteiger partial charge is 0.261 e. The van der Waals surface area contributed by atoms with Gasteiger partial charge in [-0.15, -0.1) is 11.8 Å². The van der Waals surface area contributed by atoms with Crippen LogP contribution in [0.4, 0.5) is 15.8 Å². The van der Waals surface area contributed by atoms with Crippen molar-refractivity contribution in [2.75, 3.05) is 15.4 Å². The molecule has 3 aromatic carbocycles. The van der Waals surface area contributed by atoms with E-state index >= 15 is 0 Å². The number of carbonyl (C=O) groups excluding carboxylic acids is 1. The van der Waals surface area contributed by atoms with Gasteiger partial charge in [0.15, 0.2) is 0 Å². The lowest BCUT2D eigenvalue weighted by Gasteiger charge is -2.24. The van der Waals surface area contributed by atoms with Gasteiger partial charge in [0.25, 0.3) is 10.0 Å². The van der Waals surface area contributed by atoms with Gasteiger partial charge < -0.3 is 0 Å². The summed E-state index contributed by atoms with van der Waals surface area (Å²) in [7, 11) is -3.73. The maximum absolute atomic E-state index is 13.3. The normalized spacial score (nSPS) is 16.8. The predicted octanol–water partition coefficient (Wildman–Crippen LogP) is 5.70. The molecule has 0 bridgehead atoms. The van der Waals surface area contributed by atoms with Crippen molar-refractivity contribution >= 4 is 39.1 Å². The predicted molar refractivity (Wildman–Crippen MR) is 131 cm³/mol. The minimum atomic E-state index is -3.73. The number of thioether (sulfide) groups is 1. The van der Waals surface area contributed by atoms with Crippen LogP contribution in [0.25, 0.3) is 0 Å². The Hall–Kier alpha value is -2.84. The van der Waals surface area contributed by atoms with E-state index in [0.29, 0.717) is 17.1 Å². The number of nitrogens with one attached hydrogen (secondary N) is 1. The monoisotopic (exact) mass is 484 g/mol. The minimum absolute atomic E-state index is 0.0555. The number of nitrogens with zero attached hydrogens (tertiary/aromatic N) is 1. The first-order chi connectivity index (χ1) is 15.5. The van der Waals surface area contributed by atoms with Gasteiger partial charge in [-0.25, -0.2) is 12.8 Å². The molecule has 8 heteroatoms. The largest absolute Gasteiger partial charge is 0.295 e. The number of hydrogen-bond donors (Lipinski definition) is 1. The second-order valence-electron chi connectivity index (χ2n) is 8.91. The van der Waals surface area contributed by atoms with Gasteiger partial charge in [-0.3, -0.25) is 14.4 Å². The number of carbonyl (C=O) groups is 1. The molecule has 0 aliphatic carbocycles. The fourth-order valence-corrected chi connectivity index (χ4v) is 5.85. The average molecular weight is 485 g/mol.